The first-order valence-electron chi connectivity index (χ1n) is 5.96. The van der Waals surface area contributed by atoms with Crippen LogP contribution in [0.5, 0.6) is 11.5 Å². The van der Waals surface area contributed by atoms with Crippen LogP contribution in [0.15, 0.2) is 16.6 Å². The van der Waals surface area contributed by atoms with Crippen molar-refractivity contribution in [2.45, 2.75) is 26.5 Å². The van der Waals surface area contributed by atoms with E-state index >= 15 is 0 Å². The molecule has 1 rings (SSSR count). The van der Waals surface area contributed by atoms with Crippen LogP contribution in [0.1, 0.15) is 19.4 Å². The molecule has 1 unspecified atom stereocenters. The summed E-state index contributed by atoms with van der Waals surface area (Å²) in [6.45, 7) is 5.43. The average molecular weight is 354 g/mol. The summed E-state index contributed by atoms with van der Waals surface area (Å²) in [4.78, 5) is 0. The Balaban J connectivity index is 0.00000324. The third kappa shape index (κ3) is 5.99. The summed E-state index contributed by atoms with van der Waals surface area (Å²) in [5, 5.41) is 12.4. The average Bonchev–Trinajstić information content (AvgIpc) is 2.31. The molecule has 0 aliphatic heterocycles. The van der Waals surface area contributed by atoms with Gasteiger partial charge < -0.3 is 32.3 Å². The molecule has 0 amide bonds. The maximum absolute atomic E-state index is 9.23. The normalized spacial score (nSPS) is 11.6. The van der Waals surface area contributed by atoms with Crippen molar-refractivity contribution in [2.75, 3.05) is 20.3 Å². The van der Waals surface area contributed by atoms with Crippen LogP contribution in [0.3, 0.4) is 0 Å². The van der Waals surface area contributed by atoms with Crippen LogP contribution in [0, 0.1) is 0 Å². The Kier molecular flexibility index (Phi) is 9.18. The largest absolute Gasteiger partial charge is 1.00 e. The lowest BCUT2D eigenvalue weighted by atomic mass is 10.2. The van der Waals surface area contributed by atoms with Gasteiger partial charge in [-0.1, -0.05) is 15.9 Å². The fraction of sp³-hybridized carbons (Fsp3) is 0.538. The summed E-state index contributed by atoms with van der Waals surface area (Å²) in [6, 6.07) is 3.87. The zero-order chi connectivity index (χ0) is 13.5. The molecule has 0 aromatic heterocycles. The quantitative estimate of drug-likeness (QED) is 0.683. The molecule has 0 bridgehead atoms. The smallest absolute Gasteiger partial charge is 0.165 e. The predicted octanol–water partition coefficient (Wildman–Crippen LogP) is -0.669. The fourth-order valence-electron chi connectivity index (χ4n) is 1.63. The molecule has 0 saturated heterocycles. The Morgan fingerprint density at radius 3 is 2.63 bits per heavy atom. The summed E-state index contributed by atoms with van der Waals surface area (Å²) >= 11 is 3.45. The van der Waals surface area contributed by atoms with E-state index < -0.39 is 0 Å². The van der Waals surface area contributed by atoms with Crippen molar-refractivity contribution < 1.29 is 27.0 Å². The Bertz CT molecular complexity index is 388. The molecule has 0 radical (unpaired) electrons. The van der Waals surface area contributed by atoms with Gasteiger partial charge in [0.2, 0.25) is 0 Å². The zero-order valence-electron chi connectivity index (χ0n) is 11.4. The molecule has 2 N–H and O–H groups in total. The van der Waals surface area contributed by atoms with E-state index in [2.05, 4.69) is 21.2 Å². The zero-order valence-corrected chi connectivity index (χ0v) is 13.7. The second kappa shape index (κ2) is 9.42. The van der Waals surface area contributed by atoms with Crippen LogP contribution in [-0.2, 0) is 6.54 Å². The summed E-state index contributed by atoms with van der Waals surface area (Å²) < 4.78 is 11.9. The SMILES string of the molecule is CCOc1c(CNCC(C)O)cc(Br)cc1OC.[Cl-]. The molecule has 0 spiro atoms. The predicted molar refractivity (Wildman–Crippen MR) is 75.3 cm³/mol. The van der Waals surface area contributed by atoms with E-state index in [9.17, 15) is 5.11 Å². The first kappa shape index (κ1) is 18.5. The maximum Gasteiger partial charge on any atom is 0.165 e. The van der Waals surface area contributed by atoms with Gasteiger partial charge in [-0.05, 0) is 26.0 Å². The fourth-order valence-corrected chi connectivity index (χ4v) is 2.11. The van der Waals surface area contributed by atoms with Crippen molar-refractivity contribution in [3.63, 3.8) is 0 Å². The molecule has 1 aromatic rings. The van der Waals surface area contributed by atoms with E-state index in [1.807, 2.05) is 19.1 Å². The number of hydrogen-bond acceptors (Lipinski definition) is 4. The molecule has 0 aliphatic carbocycles. The lowest BCUT2D eigenvalue weighted by Crippen LogP contribution is -3.00. The van der Waals surface area contributed by atoms with Crippen molar-refractivity contribution >= 4 is 15.9 Å². The highest BCUT2D eigenvalue weighted by Gasteiger charge is 2.12. The number of benzene rings is 1. The first-order chi connectivity index (χ1) is 8.58. The van der Waals surface area contributed by atoms with Gasteiger partial charge >= 0.3 is 0 Å². The van der Waals surface area contributed by atoms with E-state index in [4.69, 9.17) is 9.47 Å². The number of hydrogen-bond donors (Lipinski definition) is 2. The number of halogens is 2. The Labute approximate surface area is 129 Å². The third-order valence-corrected chi connectivity index (χ3v) is 2.82. The minimum Gasteiger partial charge on any atom is -1.00 e. The summed E-state index contributed by atoms with van der Waals surface area (Å²) in [5.41, 5.74) is 1.00. The number of aliphatic hydroxyl groups is 1. The van der Waals surface area contributed by atoms with Gasteiger partial charge in [0.05, 0.1) is 19.8 Å². The summed E-state index contributed by atoms with van der Waals surface area (Å²) in [5.74, 6) is 1.46. The highest BCUT2D eigenvalue weighted by molar-refractivity contribution is 9.10. The van der Waals surface area contributed by atoms with Gasteiger partial charge in [0.15, 0.2) is 11.5 Å². The van der Waals surface area contributed by atoms with E-state index in [-0.39, 0.29) is 18.5 Å². The number of nitrogens with one attached hydrogen (secondary N) is 1. The van der Waals surface area contributed by atoms with Crippen molar-refractivity contribution in [2.24, 2.45) is 0 Å². The third-order valence-electron chi connectivity index (χ3n) is 2.36. The van der Waals surface area contributed by atoms with Crippen LogP contribution in [-0.4, -0.2) is 31.5 Å². The van der Waals surface area contributed by atoms with Crippen LogP contribution in [0.4, 0.5) is 0 Å². The van der Waals surface area contributed by atoms with Gasteiger partial charge in [-0.2, -0.15) is 0 Å². The molecule has 4 nitrogen and oxygen atoms in total. The van der Waals surface area contributed by atoms with Crippen LogP contribution in [0.2, 0.25) is 0 Å². The van der Waals surface area contributed by atoms with E-state index in [0.29, 0.717) is 25.4 Å². The van der Waals surface area contributed by atoms with Crippen molar-refractivity contribution in [1.82, 2.24) is 5.32 Å². The molecule has 0 saturated carbocycles. The monoisotopic (exact) mass is 352 g/mol. The van der Waals surface area contributed by atoms with Crippen LogP contribution >= 0.6 is 15.9 Å². The van der Waals surface area contributed by atoms with Gasteiger partial charge in [0.25, 0.3) is 0 Å². The first-order valence-corrected chi connectivity index (χ1v) is 6.75. The van der Waals surface area contributed by atoms with Crippen molar-refractivity contribution in [3.8, 4) is 11.5 Å². The Morgan fingerprint density at radius 2 is 2.11 bits per heavy atom. The minimum atomic E-state index is -0.366. The topological polar surface area (TPSA) is 50.7 Å². The second-order valence-electron chi connectivity index (χ2n) is 4.01. The highest BCUT2D eigenvalue weighted by atomic mass is 79.9. The highest BCUT2D eigenvalue weighted by Crippen LogP contribution is 2.34. The second-order valence-corrected chi connectivity index (χ2v) is 4.92. The van der Waals surface area contributed by atoms with Crippen LogP contribution in [0.25, 0.3) is 0 Å². The number of aliphatic hydroxyl groups excluding tert-OH is 1. The van der Waals surface area contributed by atoms with Crippen LogP contribution < -0.4 is 27.2 Å². The molecule has 1 aromatic carbocycles. The molecule has 0 aliphatic rings. The lowest BCUT2D eigenvalue weighted by Gasteiger charge is -2.16. The molecule has 0 heterocycles. The molecule has 0 fully saturated rings. The lowest BCUT2D eigenvalue weighted by molar-refractivity contribution is -0.00000660. The molecule has 19 heavy (non-hydrogen) atoms. The van der Waals surface area contributed by atoms with Gasteiger partial charge in [0.1, 0.15) is 0 Å². The van der Waals surface area contributed by atoms with Gasteiger partial charge in [-0.25, -0.2) is 0 Å². The number of methoxy groups -OCH3 is 1. The molecular weight excluding hydrogens is 334 g/mol. The standard InChI is InChI=1S/C13H20BrNO3.ClH/c1-4-18-13-10(8-15-7-9(2)16)5-11(14)6-12(13)17-3;/h5-6,9,15-16H,4,7-8H2,1-3H3;1H/p-1. The Morgan fingerprint density at radius 1 is 1.42 bits per heavy atom. The Hall–Kier alpha value is -0.490. The molecular formula is C13H20BrClNO3-. The van der Waals surface area contributed by atoms with Crippen molar-refractivity contribution in [3.05, 3.63) is 22.2 Å². The van der Waals surface area contributed by atoms with Gasteiger partial charge in [-0.3, -0.25) is 0 Å². The molecule has 110 valence electrons. The van der Waals surface area contributed by atoms with E-state index in [0.717, 1.165) is 15.8 Å². The van der Waals surface area contributed by atoms with Crippen molar-refractivity contribution in [1.29, 1.82) is 0 Å². The molecule has 6 heteroatoms. The number of rotatable bonds is 7. The summed E-state index contributed by atoms with van der Waals surface area (Å²) in [7, 11) is 1.62. The molecule has 1 atom stereocenters. The maximum atomic E-state index is 9.23. The summed E-state index contributed by atoms with van der Waals surface area (Å²) in [6.07, 6.45) is -0.366. The number of ether oxygens (including phenoxy) is 2. The van der Waals surface area contributed by atoms with Gasteiger partial charge in [0, 0.05) is 23.1 Å². The van der Waals surface area contributed by atoms with Gasteiger partial charge in [-0.15, -0.1) is 0 Å². The van der Waals surface area contributed by atoms with E-state index in [1.54, 1.807) is 14.0 Å². The van der Waals surface area contributed by atoms with E-state index in [1.165, 1.54) is 0 Å². The minimum absolute atomic E-state index is 0.